The summed E-state index contributed by atoms with van der Waals surface area (Å²) in [5.74, 6) is 0.126. The Labute approximate surface area is 117 Å². The lowest BCUT2D eigenvalue weighted by Crippen LogP contribution is -2.17. The summed E-state index contributed by atoms with van der Waals surface area (Å²) >= 11 is 0.818. The number of benzene rings is 1. The number of hydrogen-bond donors (Lipinski definition) is 1. The van der Waals surface area contributed by atoms with Crippen LogP contribution in [-0.2, 0) is 4.79 Å². The quantitative estimate of drug-likeness (QED) is 0.861. The molecule has 0 atom stereocenters. The molecular formula is C14H8FNO3S. The number of nitrogens with one attached hydrogen (secondary N) is 1. The largest absolute Gasteiger partial charge is 0.457 e. The number of carbonyl (C=O) groups is 2. The standard InChI is InChI=1S/C14H8FNO3S/c15-9-3-1-2-8(6-9)11-5-4-10(19-11)7-12-13(17)16-14(18)20-12/h1-7H,(H,16,17,18)/b12-7-. The molecule has 0 spiro atoms. The van der Waals surface area contributed by atoms with Crippen LogP contribution in [-0.4, -0.2) is 11.1 Å². The first-order valence-corrected chi connectivity index (χ1v) is 6.54. The highest BCUT2D eigenvalue weighted by atomic mass is 32.2. The Balaban J connectivity index is 1.89. The van der Waals surface area contributed by atoms with E-state index in [1.165, 1.54) is 18.2 Å². The van der Waals surface area contributed by atoms with Crippen LogP contribution >= 0.6 is 11.8 Å². The Morgan fingerprint density at radius 2 is 2.05 bits per heavy atom. The van der Waals surface area contributed by atoms with Crippen LogP contribution in [0.15, 0.2) is 45.7 Å². The molecule has 0 unspecified atom stereocenters. The first-order chi connectivity index (χ1) is 9.61. The molecule has 2 heterocycles. The van der Waals surface area contributed by atoms with Crippen molar-refractivity contribution in [3.63, 3.8) is 0 Å². The average molecular weight is 289 g/mol. The molecule has 1 aromatic carbocycles. The van der Waals surface area contributed by atoms with E-state index < -0.39 is 11.1 Å². The van der Waals surface area contributed by atoms with Gasteiger partial charge in [0.15, 0.2) is 0 Å². The SMILES string of the molecule is O=C1NC(=O)/C(=C/c2ccc(-c3cccc(F)c3)o2)S1. The Hall–Kier alpha value is -2.34. The van der Waals surface area contributed by atoms with E-state index in [0.717, 1.165) is 11.8 Å². The second-order valence-corrected chi connectivity index (χ2v) is 5.08. The second kappa shape index (κ2) is 4.97. The predicted octanol–water partition coefficient (Wildman–Crippen LogP) is 3.41. The van der Waals surface area contributed by atoms with Crippen LogP contribution in [0, 0.1) is 5.82 Å². The van der Waals surface area contributed by atoms with E-state index in [0.29, 0.717) is 17.1 Å². The van der Waals surface area contributed by atoms with Crippen LogP contribution in [0.1, 0.15) is 5.76 Å². The van der Waals surface area contributed by atoms with Gasteiger partial charge in [0, 0.05) is 11.6 Å². The molecule has 2 aromatic rings. The van der Waals surface area contributed by atoms with Gasteiger partial charge in [0.05, 0.1) is 4.91 Å². The van der Waals surface area contributed by atoms with Crippen molar-refractivity contribution in [1.82, 2.24) is 5.32 Å². The van der Waals surface area contributed by atoms with Crippen LogP contribution in [0.25, 0.3) is 17.4 Å². The van der Waals surface area contributed by atoms with E-state index in [2.05, 4.69) is 5.32 Å². The summed E-state index contributed by atoms with van der Waals surface area (Å²) < 4.78 is 18.7. The van der Waals surface area contributed by atoms with Crippen LogP contribution in [0.3, 0.4) is 0 Å². The number of rotatable bonds is 2. The van der Waals surface area contributed by atoms with E-state index in [4.69, 9.17) is 4.42 Å². The van der Waals surface area contributed by atoms with Gasteiger partial charge in [-0.2, -0.15) is 0 Å². The molecule has 3 rings (SSSR count). The molecule has 2 amide bonds. The third kappa shape index (κ3) is 2.50. The molecule has 1 aliphatic heterocycles. The number of furan rings is 1. The summed E-state index contributed by atoms with van der Waals surface area (Å²) in [4.78, 5) is 22.7. The van der Waals surface area contributed by atoms with Gasteiger partial charge in [0.25, 0.3) is 11.1 Å². The van der Waals surface area contributed by atoms with Crippen LogP contribution in [0.5, 0.6) is 0 Å². The lowest BCUT2D eigenvalue weighted by molar-refractivity contribution is -0.115. The molecule has 1 saturated heterocycles. The highest BCUT2D eigenvalue weighted by Crippen LogP contribution is 2.28. The fraction of sp³-hybridized carbons (Fsp3) is 0. The number of imide groups is 1. The molecule has 100 valence electrons. The smallest absolute Gasteiger partial charge is 0.290 e. The predicted molar refractivity (Wildman–Crippen MR) is 73.2 cm³/mol. The van der Waals surface area contributed by atoms with Crippen molar-refractivity contribution in [1.29, 1.82) is 0 Å². The van der Waals surface area contributed by atoms with Gasteiger partial charge in [-0.05, 0) is 36.0 Å². The first kappa shape index (κ1) is 12.7. The van der Waals surface area contributed by atoms with Crippen molar-refractivity contribution in [2.75, 3.05) is 0 Å². The molecule has 4 nitrogen and oxygen atoms in total. The van der Waals surface area contributed by atoms with Gasteiger partial charge in [-0.1, -0.05) is 12.1 Å². The minimum absolute atomic E-state index is 0.273. The van der Waals surface area contributed by atoms with Gasteiger partial charge in [-0.3, -0.25) is 14.9 Å². The molecule has 1 aliphatic rings. The maximum absolute atomic E-state index is 13.1. The third-order valence-electron chi connectivity index (χ3n) is 2.65. The van der Waals surface area contributed by atoms with Gasteiger partial charge in [0.2, 0.25) is 0 Å². The zero-order valence-electron chi connectivity index (χ0n) is 10.1. The maximum atomic E-state index is 13.1. The van der Waals surface area contributed by atoms with E-state index in [9.17, 15) is 14.0 Å². The molecule has 0 saturated carbocycles. The van der Waals surface area contributed by atoms with Crippen LogP contribution < -0.4 is 5.32 Å². The number of thioether (sulfide) groups is 1. The maximum Gasteiger partial charge on any atom is 0.290 e. The number of halogens is 1. The molecule has 20 heavy (non-hydrogen) atoms. The highest BCUT2D eigenvalue weighted by Gasteiger charge is 2.25. The summed E-state index contributed by atoms with van der Waals surface area (Å²) in [6, 6.07) is 9.35. The topological polar surface area (TPSA) is 59.3 Å². The van der Waals surface area contributed by atoms with Gasteiger partial charge in [-0.25, -0.2) is 4.39 Å². The molecule has 1 fully saturated rings. The van der Waals surface area contributed by atoms with Gasteiger partial charge < -0.3 is 4.42 Å². The summed E-state index contributed by atoms with van der Waals surface area (Å²) in [6.45, 7) is 0. The molecule has 6 heteroatoms. The van der Waals surface area contributed by atoms with Crippen molar-refractivity contribution in [2.45, 2.75) is 0 Å². The summed E-state index contributed by atoms with van der Waals surface area (Å²) in [5, 5.41) is 1.75. The lowest BCUT2D eigenvalue weighted by atomic mass is 10.2. The normalized spacial score (nSPS) is 16.8. The van der Waals surface area contributed by atoms with Gasteiger partial charge in [-0.15, -0.1) is 0 Å². The van der Waals surface area contributed by atoms with E-state index >= 15 is 0 Å². The summed E-state index contributed by atoms with van der Waals surface area (Å²) in [5.41, 5.74) is 0.606. The highest BCUT2D eigenvalue weighted by molar-refractivity contribution is 8.18. The Kier molecular flexibility index (Phi) is 3.15. The number of carbonyl (C=O) groups excluding carboxylic acids is 2. The molecule has 1 aromatic heterocycles. The second-order valence-electron chi connectivity index (χ2n) is 4.06. The first-order valence-electron chi connectivity index (χ1n) is 5.72. The van der Waals surface area contributed by atoms with Crippen molar-refractivity contribution < 1.29 is 18.4 Å². The Morgan fingerprint density at radius 3 is 2.75 bits per heavy atom. The summed E-state index contributed by atoms with van der Waals surface area (Å²) in [6.07, 6.45) is 1.48. The molecular weight excluding hydrogens is 281 g/mol. The van der Waals surface area contributed by atoms with Gasteiger partial charge in [0.1, 0.15) is 17.3 Å². The zero-order chi connectivity index (χ0) is 14.1. The zero-order valence-corrected chi connectivity index (χ0v) is 10.9. The molecule has 0 aliphatic carbocycles. The van der Waals surface area contributed by atoms with E-state index in [1.54, 1.807) is 24.3 Å². The molecule has 0 bridgehead atoms. The van der Waals surface area contributed by atoms with Crippen LogP contribution in [0.2, 0.25) is 0 Å². The van der Waals surface area contributed by atoms with Crippen molar-refractivity contribution >= 4 is 29.0 Å². The fourth-order valence-electron chi connectivity index (χ4n) is 1.78. The minimum atomic E-state index is -0.441. The minimum Gasteiger partial charge on any atom is -0.457 e. The molecule has 0 radical (unpaired) electrons. The van der Waals surface area contributed by atoms with E-state index in [1.807, 2.05) is 0 Å². The van der Waals surface area contributed by atoms with E-state index in [-0.39, 0.29) is 10.7 Å². The third-order valence-corrected chi connectivity index (χ3v) is 3.46. The number of hydrogen-bond acceptors (Lipinski definition) is 4. The summed E-state index contributed by atoms with van der Waals surface area (Å²) in [7, 11) is 0. The average Bonchev–Trinajstić information content (AvgIpc) is 2.97. The van der Waals surface area contributed by atoms with Gasteiger partial charge >= 0.3 is 0 Å². The van der Waals surface area contributed by atoms with Crippen LogP contribution in [0.4, 0.5) is 9.18 Å². The number of amides is 2. The molecule has 1 N–H and O–H groups in total. The van der Waals surface area contributed by atoms with Crippen molar-refractivity contribution in [3.8, 4) is 11.3 Å². The Morgan fingerprint density at radius 1 is 1.20 bits per heavy atom. The Bertz CT molecular complexity index is 736. The lowest BCUT2D eigenvalue weighted by Gasteiger charge is -1.96. The fourth-order valence-corrected chi connectivity index (χ4v) is 2.44. The van der Waals surface area contributed by atoms with Crippen molar-refractivity contribution in [2.24, 2.45) is 0 Å². The van der Waals surface area contributed by atoms with Crippen molar-refractivity contribution in [3.05, 3.63) is 52.9 Å². The monoisotopic (exact) mass is 289 g/mol.